The summed E-state index contributed by atoms with van der Waals surface area (Å²) in [6.07, 6.45) is 0. The van der Waals surface area contributed by atoms with E-state index in [1.807, 2.05) is 36.4 Å². The average molecular weight is 372 g/mol. The van der Waals surface area contributed by atoms with Crippen molar-refractivity contribution in [3.05, 3.63) is 57.0 Å². The molecule has 0 bridgehead atoms. The van der Waals surface area contributed by atoms with Gasteiger partial charge in [0.2, 0.25) is 0 Å². The summed E-state index contributed by atoms with van der Waals surface area (Å²) in [6.45, 7) is 0. The van der Waals surface area contributed by atoms with Crippen LogP contribution in [-0.2, 0) is 0 Å². The molecule has 3 N–H and O–H groups in total. The molecular formula is C15H16BrClN2O2. The molecular weight excluding hydrogens is 356 g/mol. The highest BCUT2D eigenvalue weighted by Gasteiger charge is 2.16. The average Bonchev–Trinajstić information content (AvgIpc) is 2.46. The van der Waals surface area contributed by atoms with Crippen LogP contribution in [0.1, 0.15) is 17.2 Å². The number of hydrazine groups is 1. The number of nitrogens with two attached hydrogens (primary N) is 1. The Balaban J connectivity index is 2.49. The minimum absolute atomic E-state index is 0.232. The number of halogens is 2. The van der Waals surface area contributed by atoms with E-state index in [1.54, 1.807) is 14.2 Å². The fourth-order valence-electron chi connectivity index (χ4n) is 2.12. The van der Waals surface area contributed by atoms with Gasteiger partial charge in [-0.25, -0.2) is 5.43 Å². The van der Waals surface area contributed by atoms with Crippen molar-refractivity contribution < 1.29 is 9.47 Å². The van der Waals surface area contributed by atoms with Crippen LogP contribution in [0.4, 0.5) is 0 Å². The molecule has 0 aliphatic rings. The molecule has 0 aliphatic carbocycles. The van der Waals surface area contributed by atoms with Crippen molar-refractivity contribution in [1.29, 1.82) is 0 Å². The Hall–Kier alpha value is -1.27. The summed E-state index contributed by atoms with van der Waals surface area (Å²) >= 11 is 9.54. The number of hydrogen-bond acceptors (Lipinski definition) is 4. The largest absolute Gasteiger partial charge is 0.497 e. The van der Waals surface area contributed by atoms with Gasteiger partial charge in [0.25, 0.3) is 0 Å². The third-order valence-corrected chi connectivity index (χ3v) is 3.77. The predicted molar refractivity (Wildman–Crippen MR) is 87.9 cm³/mol. The van der Waals surface area contributed by atoms with E-state index in [1.165, 1.54) is 0 Å². The number of benzene rings is 2. The zero-order valence-corrected chi connectivity index (χ0v) is 14.0. The van der Waals surface area contributed by atoms with Gasteiger partial charge in [0.05, 0.1) is 20.3 Å². The molecule has 2 aromatic carbocycles. The van der Waals surface area contributed by atoms with Crippen LogP contribution in [0.2, 0.25) is 5.02 Å². The Labute approximate surface area is 137 Å². The molecule has 0 fully saturated rings. The van der Waals surface area contributed by atoms with Gasteiger partial charge >= 0.3 is 0 Å². The Morgan fingerprint density at radius 2 is 1.57 bits per heavy atom. The molecule has 6 heteroatoms. The van der Waals surface area contributed by atoms with E-state index >= 15 is 0 Å². The Morgan fingerprint density at radius 1 is 1.00 bits per heavy atom. The zero-order chi connectivity index (χ0) is 15.4. The third-order valence-electron chi connectivity index (χ3n) is 3.09. The molecule has 2 aromatic rings. The Kier molecular flexibility index (Phi) is 5.47. The second-order valence-electron chi connectivity index (χ2n) is 4.45. The minimum atomic E-state index is -0.232. The van der Waals surface area contributed by atoms with Crippen LogP contribution in [0.15, 0.2) is 40.9 Å². The van der Waals surface area contributed by atoms with E-state index in [0.29, 0.717) is 16.5 Å². The summed E-state index contributed by atoms with van der Waals surface area (Å²) in [5, 5.41) is 0.634. The van der Waals surface area contributed by atoms with E-state index in [2.05, 4.69) is 21.4 Å². The first-order valence-corrected chi connectivity index (χ1v) is 7.39. The zero-order valence-electron chi connectivity index (χ0n) is 11.7. The molecule has 4 nitrogen and oxygen atoms in total. The van der Waals surface area contributed by atoms with Crippen molar-refractivity contribution in [2.24, 2.45) is 5.84 Å². The van der Waals surface area contributed by atoms with Crippen LogP contribution in [0.25, 0.3) is 0 Å². The van der Waals surface area contributed by atoms with Gasteiger partial charge in [-0.15, -0.1) is 0 Å². The molecule has 21 heavy (non-hydrogen) atoms. The van der Waals surface area contributed by atoms with Crippen molar-refractivity contribution in [2.45, 2.75) is 6.04 Å². The molecule has 1 unspecified atom stereocenters. The number of nitrogens with one attached hydrogen (secondary N) is 1. The van der Waals surface area contributed by atoms with E-state index < -0.39 is 0 Å². The number of rotatable bonds is 5. The molecule has 0 saturated heterocycles. The fraction of sp³-hybridized carbons (Fsp3) is 0.200. The molecule has 112 valence electrons. The highest BCUT2D eigenvalue weighted by atomic mass is 79.9. The fourth-order valence-corrected chi connectivity index (χ4v) is 3.01. The van der Waals surface area contributed by atoms with Gasteiger partial charge in [0.15, 0.2) is 0 Å². The number of hydrogen-bond donors (Lipinski definition) is 2. The SMILES string of the molecule is COc1cc(OC)cc(C(NN)c2cc(Cl)cc(Br)c2)c1. The lowest BCUT2D eigenvalue weighted by Gasteiger charge is -2.19. The standard InChI is InChI=1S/C15H16BrClN2O2/c1-20-13-5-10(6-14(8-13)21-2)15(19-18)9-3-11(16)7-12(17)4-9/h3-8,15,19H,18H2,1-2H3. The third kappa shape index (κ3) is 3.89. The first-order valence-electron chi connectivity index (χ1n) is 6.22. The molecule has 0 spiro atoms. The van der Waals surface area contributed by atoms with E-state index in [4.69, 9.17) is 26.9 Å². The molecule has 0 aromatic heterocycles. The quantitative estimate of drug-likeness (QED) is 0.622. The van der Waals surface area contributed by atoms with E-state index in [9.17, 15) is 0 Å². The lowest BCUT2D eigenvalue weighted by atomic mass is 9.99. The van der Waals surface area contributed by atoms with Gasteiger partial charge in [-0.1, -0.05) is 27.5 Å². The first-order chi connectivity index (χ1) is 10.1. The molecule has 0 aliphatic heterocycles. The van der Waals surface area contributed by atoms with Crippen molar-refractivity contribution in [2.75, 3.05) is 14.2 Å². The van der Waals surface area contributed by atoms with Crippen LogP contribution >= 0.6 is 27.5 Å². The van der Waals surface area contributed by atoms with Gasteiger partial charge < -0.3 is 9.47 Å². The predicted octanol–water partition coefficient (Wildman–Crippen LogP) is 3.67. The molecule has 1 atom stereocenters. The molecule has 0 radical (unpaired) electrons. The highest BCUT2D eigenvalue weighted by molar-refractivity contribution is 9.10. The lowest BCUT2D eigenvalue weighted by molar-refractivity contribution is 0.392. The van der Waals surface area contributed by atoms with Gasteiger partial charge in [-0.2, -0.15) is 0 Å². The summed E-state index contributed by atoms with van der Waals surface area (Å²) in [4.78, 5) is 0. The van der Waals surface area contributed by atoms with Gasteiger partial charge in [-0.3, -0.25) is 5.84 Å². The first kappa shape index (κ1) is 16.1. The maximum Gasteiger partial charge on any atom is 0.122 e. The van der Waals surface area contributed by atoms with Crippen molar-refractivity contribution in [3.63, 3.8) is 0 Å². The van der Waals surface area contributed by atoms with Crippen LogP contribution in [0.5, 0.6) is 11.5 Å². The highest BCUT2D eigenvalue weighted by Crippen LogP contribution is 2.32. The Morgan fingerprint density at radius 3 is 2.05 bits per heavy atom. The topological polar surface area (TPSA) is 56.5 Å². The minimum Gasteiger partial charge on any atom is -0.497 e. The van der Waals surface area contributed by atoms with Crippen LogP contribution in [-0.4, -0.2) is 14.2 Å². The number of methoxy groups -OCH3 is 2. The van der Waals surface area contributed by atoms with Crippen LogP contribution in [0.3, 0.4) is 0 Å². The van der Waals surface area contributed by atoms with E-state index in [-0.39, 0.29) is 6.04 Å². The molecule has 0 amide bonds. The summed E-state index contributed by atoms with van der Waals surface area (Å²) in [5.74, 6) is 7.13. The summed E-state index contributed by atoms with van der Waals surface area (Å²) < 4.78 is 11.5. The summed E-state index contributed by atoms with van der Waals surface area (Å²) in [6, 6.07) is 11.0. The van der Waals surface area contributed by atoms with Crippen LogP contribution < -0.4 is 20.7 Å². The van der Waals surface area contributed by atoms with E-state index in [0.717, 1.165) is 15.6 Å². The second-order valence-corrected chi connectivity index (χ2v) is 5.80. The number of ether oxygens (including phenoxy) is 2. The monoisotopic (exact) mass is 370 g/mol. The molecule has 0 saturated carbocycles. The second kappa shape index (κ2) is 7.13. The lowest BCUT2D eigenvalue weighted by Crippen LogP contribution is -2.28. The van der Waals surface area contributed by atoms with Crippen LogP contribution in [0, 0.1) is 0 Å². The van der Waals surface area contributed by atoms with Gasteiger partial charge in [0.1, 0.15) is 11.5 Å². The molecule has 2 rings (SSSR count). The molecule has 0 heterocycles. The normalized spacial score (nSPS) is 12.0. The Bertz CT molecular complexity index is 595. The smallest absolute Gasteiger partial charge is 0.122 e. The van der Waals surface area contributed by atoms with Crippen molar-refractivity contribution >= 4 is 27.5 Å². The summed E-state index contributed by atoms with van der Waals surface area (Å²) in [5.41, 5.74) is 4.66. The summed E-state index contributed by atoms with van der Waals surface area (Å²) in [7, 11) is 3.22. The maximum absolute atomic E-state index is 6.11. The van der Waals surface area contributed by atoms with Crippen molar-refractivity contribution in [1.82, 2.24) is 5.43 Å². The maximum atomic E-state index is 6.11. The van der Waals surface area contributed by atoms with Gasteiger partial charge in [-0.05, 0) is 41.5 Å². The van der Waals surface area contributed by atoms with Gasteiger partial charge in [0, 0.05) is 15.6 Å². The van der Waals surface area contributed by atoms with Crippen molar-refractivity contribution in [3.8, 4) is 11.5 Å².